The lowest BCUT2D eigenvalue weighted by molar-refractivity contribution is -0.293. The first-order valence-corrected chi connectivity index (χ1v) is 15.5. The molecule has 3 rings (SSSR count). The maximum absolute atomic E-state index is 13.4. The number of fused-ring (bicyclic) bond motifs is 2. The molecule has 0 spiro atoms. The van der Waals surface area contributed by atoms with Gasteiger partial charge in [-0.25, -0.2) is 0 Å². The van der Waals surface area contributed by atoms with Crippen LogP contribution < -0.4 is 0 Å². The molecule has 2 aliphatic carbocycles. The molecule has 14 heteroatoms. The molecule has 0 amide bonds. The molecule has 1 N–H and O–H groups in total. The molecule has 1 saturated heterocycles. The van der Waals surface area contributed by atoms with E-state index in [1.807, 2.05) is 0 Å². The maximum atomic E-state index is 13.4. The predicted molar refractivity (Wildman–Crippen MR) is 160 cm³/mol. The summed E-state index contributed by atoms with van der Waals surface area (Å²) >= 11 is 6.85. The number of esters is 6. The Balaban J connectivity index is 2.60. The number of rotatable bonds is 7. The lowest BCUT2D eigenvalue weighted by atomic mass is 9.51. The Morgan fingerprint density at radius 2 is 1.57 bits per heavy atom. The van der Waals surface area contributed by atoms with Gasteiger partial charge in [0.05, 0.1) is 17.4 Å². The van der Waals surface area contributed by atoms with Crippen molar-refractivity contribution in [3.05, 3.63) is 24.3 Å². The molecular formula is C32H43ClO13. The van der Waals surface area contributed by atoms with Crippen LogP contribution in [0.1, 0.15) is 74.7 Å². The summed E-state index contributed by atoms with van der Waals surface area (Å²) in [6.07, 6.45) is -4.70. The minimum Gasteiger partial charge on any atom is -0.461 e. The Morgan fingerprint density at radius 1 is 0.978 bits per heavy atom. The van der Waals surface area contributed by atoms with E-state index in [0.717, 1.165) is 27.7 Å². The number of hydrogen-bond donors (Lipinski definition) is 1. The number of alkyl halides is 1. The van der Waals surface area contributed by atoms with Crippen molar-refractivity contribution in [2.45, 2.75) is 122 Å². The van der Waals surface area contributed by atoms with E-state index in [9.17, 15) is 33.9 Å². The monoisotopic (exact) mass is 670 g/mol. The largest absolute Gasteiger partial charge is 0.461 e. The summed E-state index contributed by atoms with van der Waals surface area (Å²) in [5, 5.41) is 10.8. The van der Waals surface area contributed by atoms with E-state index in [0.29, 0.717) is 6.42 Å². The normalized spacial score (nSPS) is 39.4. The number of aliphatic hydroxyl groups excluding tert-OH is 1. The Bertz CT molecular complexity index is 1310. The average Bonchev–Trinajstić information content (AvgIpc) is 3.17. The Labute approximate surface area is 272 Å². The number of hydrogen-bond acceptors (Lipinski definition) is 13. The second-order valence-electron chi connectivity index (χ2n) is 12.5. The highest BCUT2D eigenvalue weighted by Crippen LogP contribution is 2.59. The van der Waals surface area contributed by atoms with Gasteiger partial charge in [0, 0.05) is 46.0 Å². The van der Waals surface area contributed by atoms with Crippen LogP contribution in [0.4, 0.5) is 0 Å². The van der Waals surface area contributed by atoms with Crippen LogP contribution in [0.15, 0.2) is 24.3 Å². The lowest BCUT2D eigenvalue weighted by Gasteiger charge is -2.61. The van der Waals surface area contributed by atoms with Gasteiger partial charge >= 0.3 is 35.8 Å². The van der Waals surface area contributed by atoms with Crippen LogP contribution in [0.3, 0.4) is 0 Å². The topological polar surface area (TPSA) is 178 Å². The molecule has 0 bridgehead atoms. The molecule has 11 atom stereocenters. The fourth-order valence-electron chi connectivity index (χ4n) is 7.31. The third-order valence-corrected chi connectivity index (χ3v) is 9.79. The smallest absolute Gasteiger partial charge is 0.313 e. The molecule has 256 valence electrons. The van der Waals surface area contributed by atoms with Crippen LogP contribution >= 0.6 is 11.6 Å². The molecule has 3 aliphatic rings. The van der Waals surface area contributed by atoms with Gasteiger partial charge in [-0.05, 0) is 25.8 Å². The van der Waals surface area contributed by atoms with Gasteiger partial charge in [0.2, 0.25) is 5.60 Å². The van der Waals surface area contributed by atoms with E-state index in [4.69, 9.17) is 40.0 Å². The van der Waals surface area contributed by atoms with Crippen LogP contribution in [0.25, 0.3) is 0 Å². The molecule has 11 unspecified atom stereocenters. The zero-order chi connectivity index (χ0) is 34.9. The zero-order valence-electron chi connectivity index (χ0n) is 27.3. The van der Waals surface area contributed by atoms with Gasteiger partial charge in [-0.15, -0.1) is 11.6 Å². The van der Waals surface area contributed by atoms with Gasteiger partial charge in [0.25, 0.3) is 0 Å². The first kappa shape index (κ1) is 37.0. The number of carbonyl (C=O) groups is 6. The van der Waals surface area contributed by atoms with E-state index in [-0.39, 0.29) is 18.4 Å². The summed E-state index contributed by atoms with van der Waals surface area (Å²) in [5.41, 5.74) is -5.86. The third kappa shape index (κ3) is 6.53. The molecule has 0 radical (unpaired) electrons. The van der Waals surface area contributed by atoms with Crippen molar-refractivity contribution in [1.29, 1.82) is 0 Å². The fraction of sp³-hybridized carbons (Fsp3) is 0.688. The number of halogens is 1. The van der Waals surface area contributed by atoms with E-state index in [2.05, 4.69) is 6.58 Å². The standard InChI is InChI=1S/C32H43ClO13/c1-10-11-24(39)43-22-14-23(41-17(4)34)31(9,45-19(6)36)26-28(42-18(5)35)32(46-20(7)37)16(3)29(40)44-27(32)25(33)15(2)12-13-21(38)30(22,26)8/h12-13,16,21-23,25-28,38H,2,10-11,14H2,1,3-9H3/b13-12-. The predicted octanol–water partition coefficient (Wildman–Crippen LogP) is 2.87. The highest BCUT2D eigenvalue weighted by molar-refractivity contribution is 6.23. The van der Waals surface area contributed by atoms with Crippen molar-refractivity contribution < 1.29 is 62.3 Å². The van der Waals surface area contributed by atoms with Crippen molar-refractivity contribution in [2.75, 3.05) is 0 Å². The first-order valence-electron chi connectivity index (χ1n) is 15.1. The third-order valence-electron chi connectivity index (χ3n) is 9.28. The van der Waals surface area contributed by atoms with Crippen molar-refractivity contribution in [3.8, 4) is 0 Å². The number of ether oxygens (including phenoxy) is 6. The second kappa shape index (κ2) is 13.7. The van der Waals surface area contributed by atoms with Gasteiger partial charge in [-0.1, -0.05) is 32.6 Å². The van der Waals surface area contributed by atoms with Crippen LogP contribution in [-0.4, -0.2) is 88.0 Å². The van der Waals surface area contributed by atoms with E-state index >= 15 is 0 Å². The maximum Gasteiger partial charge on any atom is 0.313 e. The minimum absolute atomic E-state index is 0.000426. The number of aliphatic hydroxyl groups is 1. The quantitative estimate of drug-likeness (QED) is 0.238. The van der Waals surface area contributed by atoms with Gasteiger partial charge in [0.1, 0.15) is 18.1 Å². The zero-order valence-corrected chi connectivity index (χ0v) is 28.1. The molecule has 1 heterocycles. The van der Waals surface area contributed by atoms with Crippen LogP contribution in [0, 0.1) is 17.3 Å². The van der Waals surface area contributed by atoms with E-state index in [1.54, 1.807) is 6.92 Å². The second-order valence-corrected chi connectivity index (χ2v) is 13.0. The van der Waals surface area contributed by atoms with Gasteiger partial charge in [0.15, 0.2) is 17.8 Å². The van der Waals surface area contributed by atoms with Crippen molar-refractivity contribution in [3.63, 3.8) is 0 Å². The summed E-state index contributed by atoms with van der Waals surface area (Å²) in [6.45, 7) is 14.4. The van der Waals surface area contributed by atoms with Gasteiger partial charge < -0.3 is 33.5 Å². The Hall–Kier alpha value is -3.45. The molecule has 13 nitrogen and oxygen atoms in total. The summed E-state index contributed by atoms with van der Waals surface area (Å²) in [5.74, 6) is -7.87. The summed E-state index contributed by atoms with van der Waals surface area (Å²) in [7, 11) is 0. The molecule has 46 heavy (non-hydrogen) atoms. The lowest BCUT2D eigenvalue weighted by Crippen LogP contribution is -2.75. The van der Waals surface area contributed by atoms with E-state index < -0.39 is 100 Å². The minimum atomic E-state index is -2.24. The number of carbonyl (C=O) groups excluding carboxylic acids is 6. The van der Waals surface area contributed by atoms with Gasteiger partial charge in [-0.2, -0.15) is 0 Å². The van der Waals surface area contributed by atoms with Crippen LogP contribution in [0.5, 0.6) is 0 Å². The molecule has 0 aromatic rings. The Kier molecular flexibility index (Phi) is 11.0. The molecular weight excluding hydrogens is 628 g/mol. The highest BCUT2D eigenvalue weighted by atomic mass is 35.5. The molecule has 1 aliphatic heterocycles. The fourth-order valence-corrected chi connectivity index (χ4v) is 7.63. The first-order chi connectivity index (χ1) is 21.3. The summed E-state index contributed by atoms with van der Waals surface area (Å²) < 4.78 is 35.4. The SMILES string of the molecule is C=C1/C=C\C(O)C2(C)C(OC(=O)CCC)CC(OC(C)=O)C(C)(OC(C)=O)C2C(OC(C)=O)C2(OC(C)=O)C(C)C(=O)OC2C1Cl. The Morgan fingerprint density at radius 3 is 2.09 bits per heavy atom. The highest BCUT2D eigenvalue weighted by Gasteiger charge is 2.76. The van der Waals surface area contributed by atoms with Crippen molar-refractivity contribution in [2.24, 2.45) is 17.3 Å². The van der Waals surface area contributed by atoms with Crippen molar-refractivity contribution >= 4 is 47.4 Å². The molecule has 0 aromatic heterocycles. The number of allylic oxidation sites excluding steroid dienone is 1. The van der Waals surface area contributed by atoms with E-state index in [1.165, 1.54) is 32.9 Å². The molecule has 2 fully saturated rings. The van der Waals surface area contributed by atoms with Gasteiger partial charge in [-0.3, -0.25) is 28.8 Å². The molecule has 0 aromatic carbocycles. The van der Waals surface area contributed by atoms with Crippen LogP contribution in [-0.2, 0) is 57.2 Å². The molecule has 1 saturated carbocycles. The summed E-state index contributed by atoms with van der Waals surface area (Å²) in [6, 6.07) is 0. The summed E-state index contributed by atoms with van der Waals surface area (Å²) in [4.78, 5) is 77.7. The van der Waals surface area contributed by atoms with Crippen LogP contribution in [0.2, 0.25) is 0 Å². The van der Waals surface area contributed by atoms with Crippen molar-refractivity contribution in [1.82, 2.24) is 0 Å². The average molecular weight is 671 g/mol.